The number of hydrogen-bond donors (Lipinski definition) is 2. The molecule has 3 heterocycles. The number of likely N-dealkylation sites (tertiary alicyclic amines) is 2. The maximum absolute atomic E-state index is 13.7. The second-order valence-electron chi connectivity index (χ2n) is 8.95. The van der Waals surface area contributed by atoms with E-state index in [9.17, 15) is 18.8 Å². The van der Waals surface area contributed by atoms with Gasteiger partial charge < -0.3 is 16.0 Å². The number of nitrogens with one attached hydrogen (secondary N) is 1. The summed E-state index contributed by atoms with van der Waals surface area (Å²) in [4.78, 5) is 40.9. The first-order valence-corrected chi connectivity index (χ1v) is 11.2. The van der Waals surface area contributed by atoms with Crippen LogP contribution in [-0.2, 0) is 14.4 Å². The summed E-state index contributed by atoms with van der Waals surface area (Å²) in [6.07, 6.45) is 3.25. The summed E-state index contributed by atoms with van der Waals surface area (Å²) in [7, 11) is 0. The quantitative estimate of drug-likeness (QED) is 0.731. The topological polar surface area (TPSA) is 95.7 Å². The third-order valence-electron chi connectivity index (χ3n) is 7.23. The number of hydrogen-bond acceptors (Lipinski definition) is 4. The van der Waals surface area contributed by atoms with Crippen LogP contribution in [0.2, 0.25) is 5.02 Å². The Hall–Kier alpha value is -2.19. The van der Waals surface area contributed by atoms with Gasteiger partial charge in [-0.3, -0.25) is 19.3 Å². The zero-order valence-electron chi connectivity index (χ0n) is 17.4. The Bertz CT molecular complexity index is 888. The van der Waals surface area contributed by atoms with Crippen LogP contribution in [0.15, 0.2) is 18.2 Å². The number of carbonyl (C=O) groups is 3. The molecule has 9 heteroatoms. The van der Waals surface area contributed by atoms with Gasteiger partial charge in [0.1, 0.15) is 5.82 Å². The fourth-order valence-corrected chi connectivity index (χ4v) is 5.37. The second-order valence-corrected chi connectivity index (χ2v) is 9.36. The van der Waals surface area contributed by atoms with Gasteiger partial charge in [-0.1, -0.05) is 17.7 Å². The smallest absolute Gasteiger partial charge is 0.236 e. The summed E-state index contributed by atoms with van der Waals surface area (Å²) in [6, 6.07) is 4.27. The Kier molecular flexibility index (Phi) is 6.21. The molecule has 2 atom stereocenters. The van der Waals surface area contributed by atoms with E-state index in [4.69, 9.17) is 17.3 Å². The van der Waals surface area contributed by atoms with Crippen LogP contribution in [0, 0.1) is 17.2 Å². The maximum Gasteiger partial charge on any atom is 0.236 e. The highest BCUT2D eigenvalue weighted by molar-refractivity contribution is 6.30. The lowest BCUT2D eigenvalue weighted by atomic mass is 9.77. The number of nitrogens with zero attached hydrogens (tertiary/aromatic N) is 2. The molecule has 3 amide bonds. The molecule has 3 saturated heterocycles. The first-order chi connectivity index (χ1) is 14.8. The molecular formula is C22H28ClFN4O3. The van der Waals surface area contributed by atoms with E-state index < -0.39 is 5.82 Å². The van der Waals surface area contributed by atoms with Crippen molar-refractivity contribution in [3.05, 3.63) is 34.6 Å². The molecule has 0 radical (unpaired) electrons. The summed E-state index contributed by atoms with van der Waals surface area (Å²) in [5.41, 5.74) is 6.00. The van der Waals surface area contributed by atoms with Crippen LogP contribution in [0.1, 0.15) is 43.7 Å². The molecule has 4 rings (SSSR count). The molecule has 0 saturated carbocycles. The minimum atomic E-state index is -0.506. The molecule has 3 aliphatic rings. The number of piperidine rings is 2. The zero-order chi connectivity index (χ0) is 22.2. The molecule has 3 N–H and O–H groups in total. The third-order valence-corrected chi connectivity index (χ3v) is 7.52. The minimum absolute atomic E-state index is 0.00369. The van der Waals surface area contributed by atoms with E-state index in [0.717, 1.165) is 12.0 Å². The summed E-state index contributed by atoms with van der Waals surface area (Å²) in [5.74, 6) is -1.05. The predicted octanol–water partition coefficient (Wildman–Crippen LogP) is 1.85. The lowest BCUT2D eigenvalue weighted by Crippen LogP contribution is -2.50. The molecule has 3 aliphatic heterocycles. The molecule has 0 bridgehead atoms. The molecule has 1 aromatic carbocycles. The van der Waals surface area contributed by atoms with Crippen molar-refractivity contribution in [3.63, 3.8) is 0 Å². The minimum Gasteiger partial charge on any atom is -0.369 e. The Morgan fingerprint density at radius 2 is 1.97 bits per heavy atom. The first-order valence-electron chi connectivity index (χ1n) is 10.8. The molecule has 1 spiro atoms. The second kappa shape index (κ2) is 8.74. The molecule has 3 fully saturated rings. The molecule has 31 heavy (non-hydrogen) atoms. The SMILES string of the molecule is NC(=O)C1CCN(CC(=O)N2CCC3(CCNC3=O)CC2)C(c2ccc(F)c(Cl)c2)C1. The lowest BCUT2D eigenvalue weighted by Gasteiger charge is -2.41. The number of rotatable bonds is 4. The van der Waals surface area contributed by atoms with Gasteiger partial charge >= 0.3 is 0 Å². The van der Waals surface area contributed by atoms with Crippen molar-refractivity contribution in [2.45, 2.75) is 38.1 Å². The molecule has 168 valence electrons. The largest absolute Gasteiger partial charge is 0.369 e. The van der Waals surface area contributed by atoms with Crippen molar-refractivity contribution in [3.8, 4) is 0 Å². The monoisotopic (exact) mass is 450 g/mol. The van der Waals surface area contributed by atoms with Gasteiger partial charge in [0.2, 0.25) is 17.7 Å². The van der Waals surface area contributed by atoms with Gasteiger partial charge in [-0.25, -0.2) is 4.39 Å². The highest BCUT2D eigenvalue weighted by atomic mass is 35.5. The molecule has 2 unspecified atom stereocenters. The van der Waals surface area contributed by atoms with E-state index in [1.165, 1.54) is 6.07 Å². The fourth-order valence-electron chi connectivity index (χ4n) is 5.18. The first kappa shape index (κ1) is 22.0. The third kappa shape index (κ3) is 4.41. The summed E-state index contributed by atoms with van der Waals surface area (Å²) < 4.78 is 13.7. The zero-order valence-corrected chi connectivity index (χ0v) is 18.2. The van der Waals surface area contributed by atoms with Gasteiger partial charge in [-0.05, 0) is 49.8 Å². The van der Waals surface area contributed by atoms with E-state index in [-0.39, 0.29) is 46.7 Å². The molecule has 0 aliphatic carbocycles. The Morgan fingerprint density at radius 1 is 1.23 bits per heavy atom. The number of primary amides is 1. The summed E-state index contributed by atoms with van der Waals surface area (Å²) >= 11 is 5.99. The highest BCUT2D eigenvalue weighted by Gasteiger charge is 2.45. The average molecular weight is 451 g/mol. The molecule has 7 nitrogen and oxygen atoms in total. The summed E-state index contributed by atoms with van der Waals surface area (Å²) in [6.45, 7) is 2.58. The van der Waals surface area contributed by atoms with Crippen LogP contribution in [0.5, 0.6) is 0 Å². The average Bonchev–Trinajstić information content (AvgIpc) is 3.10. The van der Waals surface area contributed by atoms with Crippen molar-refractivity contribution < 1.29 is 18.8 Å². The number of amides is 3. The van der Waals surface area contributed by atoms with Crippen LogP contribution in [0.4, 0.5) is 4.39 Å². The lowest BCUT2D eigenvalue weighted by molar-refractivity contribution is -0.140. The van der Waals surface area contributed by atoms with E-state index >= 15 is 0 Å². The van der Waals surface area contributed by atoms with Gasteiger partial charge in [0.05, 0.1) is 17.0 Å². The number of benzene rings is 1. The van der Waals surface area contributed by atoms with Crippen molar-refractivity contribution in [2.75, 3.05) is 32.7 Å². The predicted molar refractivity (Wildman–Crippen MR) is 114 cm³/mol. The van der Waals surface area contributed by atoms with E-state index in [2.05, 4.69) is 5.32 Å². The fraction of sp³-hybridized carbons (Fsp3) is 0.591. The van der Waals surface area contributed by atoms with Gasteiger partial charge in [-0.2, -0.15) is 0 Å². The highest BCUT2D eigenvalue weighted by Crippen LogP contribution is 2.39. The van der Waals surface area contributed by atoms with Crippen LogP contribution >= 0.6 is 11.6 Å². The van der Waals surface area contributed by atoms with Gasteiger partial charge in [0.25, 0.3) is 0 Å². The van der Waals surface area contributed by atoms with Crippen LogP contribution in [0.3, 0.4) is 0 Å². The van der Waals surface area contributed by atoms with Crippen LogP contribution in [0.25, 0.3) is 0 Å². The summed E-state index contributed by atoms with van der Waals surface area (Å²) in [5, 5.41) is 2.92. The molecule has 0 aromatic heterocycles. The Balaban J connectivity index is 1.45. The molecular weight excluding hydrogens is 423 g/mol. The van der Waals surface area contributed by atoms with Crippen molar-refractivity contribution in [1.82, 2.24) is 15.1 Å². The van der Waals surface area contributed by atoms with Crippen molar-refractivity contribution in [1.29, 1.82) is 0 Å². The normalized spacial score (nSPS) is 26.1. The molecule has 1 aromatic rings. The number of nitrogens with two attached hydrogens (primary N) is 1. The van der Waals surface area contributed by atoms with Gasteiger partial charge in [-0.15, -0.1) is 0 Å². The van der Waals surface area contributed by atoms with E-state index in [0.29, 0.717) is 51.9 Å². The van der Waals surface area contributed by atoms with Crippen molar-refractivity contribution >= 4 is 29.3 Å². The van der Waals surface area contributed by atoms with Crippen molar-refractivity contribution in [2.24, 2.45) is 17.1 Å². The van der Waals surface area contributed by atoms with E-state index in [1.54, 1.807) is 12.1 Å². The Labute approximate surface area is 186 Å². The van der Waals surface area contributed by atoms with Crippen LogP contribution < -0.4 is 11.1 Å². The van der Waals surface area contributed by atoms with Crippen LogP contribution in [-0.4, -0.2) is 60.2 Å². The van der Waals surface area contributed by atoms with Gasteiger partial charge in [0, 0.05) is 38.1 Å². The van der Waals surface area contributed by atoms with Gasteiger partial charge in [0.15, 0.2) is 0 Å². The number of carbonyl (C=O) groups excluding carboxylic acids is 3. The standard InChI is InChI=1S/C22H28ClFN4O3/c23-16-11-14(1-2-17(16)24)18-12-15(20(25)30)3-8-28(18)13-19(29)27-9-5-22(6-10-27)4-7-26-21(22)31/h1-2,11,15,18H,3-10,12-13H2,(H2,25,30)(H,26,31). The maximum atomic E-state index is 13.7. The van der Waals surface area contributed by atoms with E-state index in [1.807, 2.05) is 9.80 Å². The number of halogens is 2. The Morgan fingerprint density at radius 3 is 2.58 bits per heavy atom.